The molecule has 0 bridgehead atoms. The fourth-order valence-electron chi connectivity index (χ4n) is 2.16. The summed E-state index contributed by atoms with van der Waals surface area (Å²) in [5.74, 6) is -1.18. The van der Waals surface area contributed by atoms with Gasteiger partial charge >= 0.3 is 0 Å². The Hall–Kier alpha value is -1.82. The van der Waals surface area contributed by atoms with Gasteiger partial charge in [0.2, 0.25) is 0 Å². The number of carbonyl (C=O) groups is 1. The maximum absolute atomic E-state index is 12.7. The number of hydrogen-bond acceptors (Lipinski definition) is 2. The lowest BCUT2D eigenvalue weighted by Crippen LogP contribution is -2.13. The van der Waals surface area contributed by atoms with E-state index >= 15 is 0 Å². The second kappa shape index (κ2) is 6.30. The number of rotatable bonds is 3. The molecule has 21 heavy (non-hydrogen) atoms. The predicted octanol–water partition coefficient (Wildman–Crippen LogP) is 5.10. The van der Waals surface area contributed by atoms with E-state index in [1.807, 2.05) is 32.0 Å². The van der Waals surface area contributed by atoms with Gasteiger partial charge in [-0.15, -0.1) is 0 Å². The minimum Gasteiger partial charge on any atom is -0.292 e. The Balaban J connectivity index is 2.49. The molecule has 0 aliphatic heterocycles. The van der Waals surface area contributed by atoms with Crippen molar-refractivity contribution in [1.82, 2.24) is 0 Å². The van der Waals surface area contributed by atoms with E-state index in [2.05, 4.69) is 0 Å². The zero-order valence-electron chi connectivity index (χ0n) is 11.7. The van der Waals surface area contributed by atoms with Crippen molar-refractivity contribution < 1.29 is 4.79 Å². The molecular weight excluding hydrogens is 305 g/mol. The third-order valence-corrected chi connectivity index (χ3v) is 3.89. The number of benzene rings is 2. The fraction of sp³-hybridized carbons (Fsp3) is 0.176. The van der Waals surface area contributed by atoms with Crippen LogP contribution in [0.3, 0.4) is 0 Å². The van der Waals surface area contributed by atoms with Crippen LogP contribution in [0.2, 0.25) is 10.0 Å². The molecule has 0 radical (unpaired) electrons. The van der Waals surface area contributed by atoms with E-state index in [-0.39, 0.29) is 5.78 Å². The van der Waals surface area contributed by atoms with Crippen LogP contribution in [0.15, 0.2) is 36.4 Å². The molecule has 2 rings (SSSR count). The van der Waals surface area contributed by atoms with E-state index < -0.39 is 5.92 Å². The van der Waals surface area contributed by atoms with Crippen LogP contribution in [0.1, 0.15) is 33.0 Å². The van der Waals surface area contributed by atoms with Crippen LogP contribution in [-0.2, 0) is 0 Å². The molecule has 2 nitrogen and oxygen atoms in total. The molecule has 0 spiro atoms. The van der Waals surface area contributed by atoms with Gasteiger partial charge in [-0.1, -0.05) is 47.0 Å². The summed E-state index contributed by atoms with van der Waals surface area (Å²) in [5, 5.41) is 10.2. The normalized spacial score (nSPS) is 11.8. The van der Waals surface area contributed by atoms with Gasteiger partial charge in [0.05, 0.1) is 6.07 Å². The maximum atomic E-state index is 12.7. The molecule has 4 heteroatoms. The van der Waals surface area contributed by atoms with E-state index in [4.69, 9.17) is 23.2 Å². The molecule has 0 saturated heterocycles. The van der Waals surface area contributed by atoms with E-state index in [0.29, 0.717) is 21.2 Å². The van der Waals surface area contributed by atoms with Gasteiger partial charge in [0.1, 0.15) is 5.92 Å². The SMILES string of the molecule is Cc1ccc(C)c(C(=O)C(C#N)c2ccc(Cl)cc2Cl)c1. The van der Waals surface area contributed by atoms with Gasteiger partial charge in [-0.05, 0) is 43.2 Å². The van der Waals surface area contributed by atoms with Gasteiger partial charge in [-0.25, -0.2) is 0 Å². The van der Waals surface area contributed by atoms with Gasteiger partial charge in [-0.2, -0.15) is 5.26 Å². The molecule has 2 aromatic rings. The van der Waals surface area contributed by atoms with Gasteiger partial charge in [0, 0.05) is 15.6 Å². The number of ketones is 1. The highest BCUT2D eigenvalue weighted by molar-refractivity contribution is 6.35. The first kappa shape index (κ1) is 15.6. The monoisotopic (exact) mass is 317 g/mol. The van der Waals surface area contributed by atoms with Crippen molar-refractivity contribution in [1.29, 1.82) is 5.26 Å². The van der Waals surface area contributed by atoms with Crippen molar-refractivity contribution in [3.8, 4) is 6.07 Å². The number of aryl methyl sites for hydroxylation is 2. The lowest BCUT2D eigenvalue weighted by Gasteiger charge is -2.13. The Morgan fingerprint density at radius 1 is 1.14 bits per heavy atom. The number of halogens is 2. The second-order valence-corrected chi connectivity index (χ2v) is 5.75. The molecule has 0 heterocycles. The van der Waals surface area contributed by atoms with Crippen LogP contribution in [0, 0.1) is 25.2 Å². The quantitative estimate of drug-likeness (QED) is 0.739. The largest absolute Gasteiger partial charge is 0.292 e. The summed E-state index contributed by atoms with van der Waals surface area (Å²) in [4.78, 5) is 12.7. The lowest BCUT2D eigenvalue weighted by atomic mass is 9.89. The van der Waals surface area contributed by atoms with Crippen molar-refractivity contribution >= 4 is 29.0 Å². The summed E-state index contributed by atoms with van der Waals surface area (Å²) in [6.07, 6.45) is 0. The van der Waals surface area contributed by atoms with Crippen molar-refractivity contribution in [2.45, 2.75) is 19.8 Å². The highest BCUT2D eigenvalue weighted by Crippen LogP contribution is 2.30. The van der Waals surface area contributed by atoms with Gasteiger partial charge < -0.3 is 0 Å². The van der Waals surface area contributed by atoms with Crippen LogP contribution in [-0.4, -0.2) is 5.78 Å². The molecule has 0 aromatic heterocycles. The lowest BCUT2D eigenvalue weighted by molar-refractivity contribution is 0.0978. The van der Waals surface area contributed by atoms with E-state index in [1.54, 1.807) is 24.3 Å². The van der Waals surface area contributed by atoms with Crippen LogP contribution >= 0.6 is 23.2 Å². The number of carbonyl (C=O) groups excluding carboxylic acids is 1. The Labute approximate surface area is 133 Å². The van der Waals surface area contributed by atoms with Crippen molar-refractivity contribution in [3.63, 3.8) is 0 Å². The summed E-state index contributed by atoms with van der Waals surface area (Å²) in [5.41, 5.74) is 2.85. The minimum absolute atomic E-state index is 0.247. The molecule has 106 valence electrons. The second-order valence-electron chi connectivity index (χ2n) is 4.91. The molecule has 0 N–H and O–H groups in total. The molecular formula is C17H13Cl2NO. The van der Waals surface area contributed by atoms with E-state index in [0.717, 1.165) is 11.1 Å². The fourth-order valence-corrected chi connectivity index (χ4v) is 2.68. The van der Waals surface area contributed by atoms with Gasteiger partial charge in [0.25, 0.3) is 0 Å². The molecule has 1 unspecified atom stereocenters. The standard InChI is InChI=1S/C17H13Cl2NO/c1-10-3-4-11(2)14(7-10)17(21)15(9-20)13-6-5-12(18)8-16(13)19/h3-8,15H,1-2H3. The van der Waals surface area contributed by atoms with Crippen molar-refractivity contribution in [2.24, 2.45) is 0 Å². The van der Waals surface area contributed by atoms with Crippen LogP contribution in [0.5, 0.6) is 0 Å². The molecule has 2 aromatic carbocycles. The zero-order valence-corrected chi connectivity index (χ0v) is 13.2. The first-order chi connectivity index (χ1) is 9.93. The summed E-state index contributed by atoms with van der Waals surface area (Å²) in [6, 6.07) is 12.4. The predicted molar refractivity (Wildman–Crippen MR) is 85.1 cm³/mol. The summed E-state index contributed by atoms with van der Waals surface area (Å²) in [7, 11) is 0. The summed E-state index contributed by atoms with van der Waals surface area (Å²) >= 11 is 12.0. The van der Waals surface area contributed by atoms with Crippen molar-refractivity contribution in [3.05, 3.63) is 68.7 Å². The van der Waals surface area contributed by atoms with E-state index in [9.17, 15) is 10.1 Å². The smallest absolute Gasteiger partial charge is 0.184 e. The molecule has 0 saturated carbocycles. The van der Waals surface area contributed by atoms with E-state index in [1.165, 1.54) is 0 Å². The third-order valence-electron chi connectivity index (χ3n) is 3.32. The topological polar surface area (TPSA) is 40.9 Å². The molecule has 0 aliphatic rings. The Morgan fingerprint density at radius 2 is 1.86 bits per heavy atom. The molecule has 0 aliphatic carbocycles. The molecule has 0 fully saturated rings. The third kappa shape index (κ3) is 3.26. The Morgan fingerprint density at radius 3 is 2.48 bits per heavy atom. The van der Waals surface area contributed by atoms with Gasteiger partial charge in [-0.3, -0.25) is 4.79 Å². The Kier molecular flexibility index (Phi) is 4.67. The summed E-state index contributed by atoms with van der Waals surface area (Å²) in [6.45, 7) is 3.76. The number of hydrogen-bond donors (Lipinski definition) is 0. The average Bonchev–Trinajstić information content (AvgIpc) is 2.44. The van der Waals surface area contributed by atoms with Crippen LogP contribution < -0.4 is 0 Å². The highest BCUT2D eigenvalue weighted by atomic mass is 35.5. The van der Waals surface area contributed by atoms with Gasteiger partial charge in [0.15, 0.2) is 5.78 Å². The number of nitriles is 1. The van der Waals surface area contributed by atoms with Crippen LogP contribution in [0.25, 0.3) is 0 Å². The molecule has 0 amide bonds. The Bertz CT molecular complexity index is 747. The summed E-state index contributed by atoms with van der Waals surface area (Å²) < 4.78 is 0. The van der Waals surface area contributed by atoms with Crippen LogP contribution in [0.4, 0.5) is 0 Å². The maximum Gasteiger partial charge on any atom is 0.184 e. The number of Topliss-reactive ketones (excluding diaryl/α,β-unsaturated/α-hetero) is 1. The highest BCUT2D eigenvalue weighted by Gasteiger charge is 2.25. The first-order valence-electron chi connectivity index (χ1n) is 6.40. The minimum atomic E-state index is -0.935. The first-order valence-corrected chi connectivity index (χ1v) is 7.15. The zero-order chi connectivity index (χ0) is 15.6. The number of nitrogens with zero attached hydrogens (tertiary/aromatic N) is 1. The molecule has 1 atom stereocenters. The average molecular weight is 318 g/mol. The van der Waals surface area contributed by atoms with Crippen molar-refractivity contribution in [2.75, 3.05) is 0 Å².